The van der Waals surface area contributed by atoms with Gasteiger partial charge in [-0.05, 0) is 42.8 Å². The smallest absolute Gasteiger partial charge is 0.245 e. The summed E-state index contributed by atoms with van der Waals surface area (Å²) in [5.74, 6) is 0.675. The maximum Gasteiger partial charge on any atom is 0.245 e. The van der Waals surface area contributed by atoms with Crippen LogP contribution in [0.3, 0.4) is 0 Å². The molecule has 1 aromatic heterocycles. The van der Waals surface area contributed by atoms with Crippen molar-refractivity contribution in [2.75, 3.05) is 25.5 Å². The highest BCUT2D eigenvalue weighted by atomic mass is 35.5. The molecule has 0 fully saturated rings. The Labute approximate surface area is 225 Å². The van der Waals surface area contributed by atoms with Gasteiger partial charge in [-0.2, -0.15) is 5.10 Å². The van der Waals surface area contributed by atoms with Crippen LogP contribution in [0.4, 0.5) is 5.82 Å². The topological polar surface area (TPSA) is 76.5 Å². The summed E-state index contributed by atoms with van der Waals surface area (Å²) in [6.45, 7) is 2.13. The number of ether oxygens (including phenoxy) is 1. The number of likely N-dealkylation sites (N-methyl/N-ethyl adjacent to an activating group) is 1. The SMILES string of the molecule is CCN(CC(=O)Nc1cc(-c2ccccc2)nn1-c1ccc(Cl)c(Cl)c1)C(=O)Cc1ccc(OC)cc1. The van der Waals surface area contributed by atoms with E-state index in [0.29, 0.717) is 33.8 Å². The van der Waals surface area contributed by atoms with Gasteiger partial charge >= 0.3 is 0 Å². The Morgan fingerprint density at radius 2 is 1.70 bits per heavy atom. The first-order valence-corrected chi connectivity index (χ1v) is 12.4. The summed E-state index contributed by atoms with van der Waals surface area (Å²) in [5, 5.41) is 8.38. The summed E-state index contributed by atoms with van der Waals surface area (Å²) in [4.78, 5) is 27.5. The zero-order valence-corrected chi connectivity index (χ0v) is 22.0. The molecule has 2 amide bonds. The number of nitrogens with one attached hydrogen (secondary N) is 1. The molecular formula is C28H26Cl2N4O3. The summed E-state index contributed by atoms with van der Waals surface area (Å²) < 4.78 is 6.76. The fraction of sp³-hybridized carbons (Fsp3) is 0.179. The number of carbonyl (C=O) groups is 2. The van der Waals surface area contributed by atoms with Crippen LogP contribution >= 0.6 is 23.2 Å². The first-order chi connectivity index (χ1) is 17.9. The van der Waals surface area contributed by atoms with Gasteiger partial charge in [0.25, 0.3) is 0 Å². The van der Waals surface area contributed by atoms with E-state index in [0.717, 1.165) is 16.9 Å². The second-order valence-electron chi connectivity index (χ2n) is 8.27. The lowest BCUT2D eigenvalue weighted by molar-refractivity contribution is -0.133. The van der Waals surface area contributed by atoms with E-state index in [9.17, 15) is 9.59 Å². The van der Waals surface area contributed by atoms with Gasteiger partial charge in [0.2, 0.25) is 11.8 Å². The third-order valence-electron chi connectivity index (χ3n) is 5.78. The van der Waals surface area contributed by atoms with Crippen molar-refractivity contribution in [2.45, 2.75) is 13.3 Å². The number of amides is 2. The molecule has 37 heavy (non-hydrogen) atoms. The first kappa shape index (κ1) is 26.3. The number of halogens is 2. The Bertz CT molecular complexity index is 1390. The van der Waals surface area contributed by atoms with Crippen LogP contribution in [0.2, 0.25) is 10.0 Å². The fourth-order valence-corrected chi connectivity index (χ4v) is 4.09. The standard InChI is InChI=1S/C28H26Cl2N4O3/c1-3-33(28(36)15-19-9-12-22(37-2)13-10-19)18-27(35)31-26-17-25(20-7-5-4-6-8-20)32-34(26)21-11-14-23(29)24(30)16-21/h4-14,16-17H,3,15,18H2,1-2H3,(H,31,35). The molecule has 0 aliphatic heterocycles. The van der Waals surface area contributed by atoms with E-state index in [1.807, 2.05) is 49.4 Å². The number of rotatable bonds is 9. The van der Waals surface area contributed by atoms with E-state index in [-0.39, 0.29) is 24.8 Å². The van der Waals surface area contributed by atoms with Gasteiger partial charge in [0, 0.05) is 18.2 Å². The van der Waals surface area contributed by atoms with Crippen molar-refractivity contribution in [3.63, 3.8) is 0 Å². The number of nitrogens with zero attached hydrogens (tertiary/aromatic N) is 3. The number of anilines is 1. The molecule has 0 spiro atoms. The molecule has 1 N–H and O–H groups in total. The second-order valence-corrected chi connectivity index (χ2v) is 9.09. The van der Waals surface area contributed by atoms with Crippen LogP contribution in [-0.2, 0) is 16.0 Å². The summed E-state index contributed by atoms with van der Waals surface area (Å²) in [6.07, 6.45) is 0.185. The Hall–Kier alpha value is -3.81. The number of hydrogen-bond acceptors (Lipinski definition) is 4. The fourth-order valence-electron chi connectivity index (χ4n) is 3.80. The molecule has 4 rings (SSSR count). The molecule has 0 aliphatic rings. The van der Waals surface area contributed by atoms with E-state index < -0.39 is 0 Å². The molecule has 190 valence electrons. The third-order valence-corrected chi connectivity index (χ3v) is 6.52. The summed E-state index contributed by atoms with van der Waals surface area (Å²) in [5.41, 5.74) is 3.04. The van der Waals surface area contributed by atoms with Crippen molar-refractivity contribution in [2.24, 2.45) is 0 Å². The van der Waals surface area contributed by atoms with Gasteiger partial charge in [0.05, 0.1) is 41.5 Å². The molecule has 0 bridgehead atoms. The third kappa shape index (κ3) is 6.50. The zero-order chi connectivity index (χ0) is 26.4. The molecule has 4 aromatic rings. The van der Waals surface area contributed by atoms with E-state index >= 15 is 0 Å². The monoisotopic (exact) mass is 536 g/mol. The molecule has 3 aromatic carbocycles. The van der Waals surface area contributed by atoms with E-state index in [4.69, 9.17) is 27.9 Å². The predicted octanol–water partition coefficient (Wildman–Crippen LogP) is 5.88. The number of carbonyl (C=O) groups excluding carboxylic acids is 2. The van der Waals surface area contributed by atoms with Gasteiger partial charge in [-0.15, -0.1) is 0 Å². The Morgan fingerprint density at radius 1 is 0.973 bits per heavy atom. The van der Waals surface area contributed by atoms with Crippen LogP contribution < -0.4 is 10.1 Å². The van der Waals surface area contributed by atoms with Gasteiger partial charge < -0.3 is 15.0 Å². The molecule has 0 saturated heterocycles. The van der Waals surface area contributed by atoms with E-state index in [1.54, 1.807) is 48.2 Å². The van der Waals surface area contributed by atoms with E-state index in [1.165, 1.54) is 4.90 Å². The lowest BCUT2D eigenvalue weighted by Crippen LogP contribution is -2.38. The second kappa shape index (κ2) is 12.0. The lowest BCUT2D eigenvalue weighted by Gasteiger charge is -2.20. The molecule has 0 radical (unpaired) electrons. The predicted molar refractivity (Wildman–Crippen MR) is 147 cm³/mol. The Morgan fingerprint density at radius 3 is 2.35 bits per heavy atom. The van der Waals surface area contributed by atoms with Crippen molar-refractivity contribution in [1.29, 1.82) is 0 Å². The summed E-state index contributed by atoms with van der Waals surface area (Å²) >= 11 is 12.3. The largest absolute Gasteiger partial charge is 0.497 e. The molecule has 9 heteroatoms. The van der Waals surface area contributed by atoms with Gasteiger partial charge in [0.15, 0.2) is 0 Å². The van der Waals surface area contributed by atoms with Crippen molar-refractivity contribution in [1.82, 2.24) is 14.7 Å². The molecule has 7 nitrogen and oxygen atoms in total. The average Bonchev–Trinajstić information content (AvgIpc) is 3.33. The number of benzene rings is 3. The maximum absolute atomic E-state index is 13.1. The van der Waals surface area contributed by atoms with Crippen molar-refractivity contribution in [3.8, 4) is 22.7 Å². The minimum atomic E-state index is -0.342. The van der Waals surface area contributed by atoms with Crippen molar-refractivity contribution < 1.29 is 14.3 Å². The van der Waals surface area contributed by atoms with Crippen LogP contribution in [0.1, 0.15) is 12.5 Å². The molecular weight excluding hydrogens is 511 g/mol. The normalized spacial score (nSPS) is 10.7. The van der Waals surface area contributed by atoms with Crippen LogP contribution in [-0.4, -0.2) is 46.7 Å². The van der Waals surface area contributed by atoms with E-state index in [2.05, 4.69) is 10.4 Å². The highest BCUT2D eigenvalue weighted by molar-refractivity contribution is 6.42. The van der Waals surface area contributed by atoms with Crippen LogP contribution in [0, 0.1) is 0 Å². The Kier molecular flexibility index (Phi) is 8.48. The number of hydrogen-bond donors (Lipinski definition) is 1. The van der Waals surface area contributed by atoms with Crippen molar-refractivity contribution >= 4 is 40.8 Å². The van der Waals surface area contributed by atoms with Crippen LogP contribution in [0.25, 0.3) is 16.9 Å². The van der Waals surface area contributed by atoms with Gasteiger partial charge in [-0.3, -0.25) is 9.59 Å². The van der Waals surface area contributed by atoms with Crippen molar-refractivity contribution in [3.05, 3.63) is 94.5 Å². The Balaban J connectivity index is 1.53. The summed E-state index contributed by atoms with van der Waals surface area (Å²) in [6, 6.07) is 23.8. The lowest BCUT2D eigenvalue weighted by atomic mass is 10.1. The average molecular weight is 537 g/mol. The highest BCUT2D eigenvalue weighted by Gasteiger charge is 2.19. The zero-order valence-electron chi connectivity index (χ0n) is 20.4. The molecule has 0 unspecified atom stereocenters. The van der Waals surface area contributed by atoms with Crippen LogP contribution in [0.15, 0.2) is 78.9 Å². The first-order valence-electron chi connectivity index (χ1n) is 11.7. The molecule has 0 atom stereocenters. The minimum Gasteiger partial charge on any atom is -0.497 e. The highest BCUT2D eigenvalue weighted by Crippen LogP contribution is 2.29. The van der Waals surface area contributed by atoms with Gasteiger partial charge in [-0.25, -0.2) is 4.68 Å². The molecule has 0 saturated carbocycles. The van der Waals surface area contributed by atoms with Gasteiger partial charge in [0.1, 0.15) is 11.6 Å². The number of aromatic nitrogens is 2. The summed E-state index contributed by atoms with van der Waals surface area (Å²) in [7, 11) is 1.59. The molecule has 0 aliphatic carbocycles. The minimum absolute atomic E-state index is 0.0985. The van der Waals surface area contributed by atoms with Gasteiger partial charge in [-0.1, -0.05) is 65.7 Å². The maximum atomic E-state index is 13.1. The van der Waals surface area contributed by atoms with Crippen LogP contribution in [0.5, 0.6) is 5.75 Å². The molecule has 1 heterocycles. The number of methoxy groups -OCH3 is 1. The quantitative estimate of drug-likeness (QED) is 0.289.